The Bertz CT molecular complexity index is 1150. The quantitative estimate of drug-likeness (QED) is 0.592. The molecule has 0 bridgehead atoms. The van der Waals surface area contributed by atoms with Gasteiger partial charge in [-0.3, -0.25) is 9.78 Å². The van der Waals surface area contributed by atoms with Crippen molar-refractivity contribution < 1.29 is 32.2 Å². The number of carbonyl (C=O) groups excluding carboxylic acids is 1. The zero-order chi connectivity index (χ0) is 22.3. The summed E-state index contributed by atoms with van der Waals surface area (Å²) in [7, 11) is 1.25. The molecule has 0 saturated heterocycles. The number of amides is 1. The minimum atomic E-state index is -2.91. The number of nitrogens with one attached hydrogen (secondary N) is 1. The monoisotopic (exact) mass is 435 g/mol. The van der Waals surface area contributed by atoms with Crippen LogP contribution in [0.2, 0.25) is 0 Å². The largest absolute Gasteiger partial charge is 0.493 e. The van der Waals surface area contributed by atoms with Gasteiger partial charge in [-0.25, -0.2) is 18.2 Å². The molecule has 31 heavy (non-hydrogen) atoms. The third kappa shape index (κ3) is 4.07. The lowest BCUT2D eigenvalue weighted by Crippen LogP contribution is -2.37. The molecule has 10 heteroatoms. The van der Waals surface area contributed by atoms with Crippen molar-refractivity contribution in [2.45, 2.75) is 37.6 Å². The topological polar surface area (TPSA) is 97.5 Å². The molecule has 0 radical (unpaired) electrons. The fourth-order valence-corrected chi connectivity index (χ4v) is 3.56. The number of aliphatic hydroxyl groups excluding tert-OH is 1. The van der Waals surface area contributed by atoms with Gasteiger partial charge in [0.25, 0.3) is 5.92 Å². The van der Waals surface area contributed by atoms with Crippen LogP contribution in [-0.2, 0) is 11.2 Å². The van der Waals surface area contributed by atoms with Crippen molar-refractivity contribution in [3.63, 3.8) is 0 Å². The number of benzene rings is 1. The van der Waals surface area contributed by atoms with Crippen LogP contribution in [-0.4, -0.2) is 46.7 Å². The van der Waals surface area contributed by atoms with Crippen LogP contribution in [0.25, 0.3) is 22.6 Å². The van der Waals surface area contributed by atoms with Gasteiger partial charge >= 0.3 is 0 Å². The summed E-state index contributed by atoms with van der Waals surface area (Å²) < 4.78 is 52.5. The van der Waals surface area contributed by atoms with Gasteiger partial charge in [0.05, 0.1) is 37.4 Å². The first-order valence-electron chi connectivity index (χ1n) is 9.61. The Kier molecular flexibility index (Phi) is 5.34. The molecule has 0 spiro atoms. The maximum atomic E-state index is 14.9. The van der Waals surface area contributed by atoms with Crippen LogP contribution in [0.1, 0.15) is 30.5 Å². The number of rotatable bonds is 7. The van der Waals surface area contributed by atoms with E-state index in [1.54, 1.807) is 6.07 Å². The molecule has 1 aliphatic carbocycles. The van der Waals surface area contributed by atoms with Gasteiger partial charge in [0.2, 0.25) is 11.8 Å². The van der Waals surface area contributed by atoms with E-state index in [4.69, 9.17) is 9.15 Å². The number of pyridine rings is 1. The first-order chi connectivity index (χ1) is 14.7. The lowest BCUT2D eigenvalue weighted by molar-refractivity contribution is -0.119. The van der Waals surface area contributed by atoms with Gasteiger partial charge in [0, 0.05) is 37.1 Å². The molecule has 2 heterocycles. The first kappa shape index (κ1) is 21.1. The van der Waals surface area contributed by atoms with Gasteiger partial charge < -0.3 is 19.6 Å². The summed E-state index contributed by atoms with van der Waals surface area (Å²) in [5.74, 6) is -5.36. The number of aromatic nitrogens is 2. The molecule has 1 fully saturated rings. The van der Waals surface area contributed by atoms with Crippen LogP contribution < -0.4 is 10.1 Å². The van der Waals surface area contributed by atoms with Gasteiger partial charge in [0.15, 0.2) is 17.1 Å². The average molecular weight is 435 g/mol. The number of alkyl halides is 2. The van der Waals surface area contributed by atoms with E-state index >= 15 is 0 Å². The Hall–Kier alpha value is -3.14. The maximum Gasteiger partial charge on any atom is 0.256 e. The van der Waals surface area contributed by atoms with Gasteiger partial charge in [-0.2, -0.15) is 0 Å². The molecule has 1 saturated carbocycles. The molecule has 2 N–H and O–H groups in total. The van der Waals surface area contributed by atoms with Gasteiger partial charge in [-0.15, -0.1) is 0 Å². The Morgan fingerprint density at radius 1 is 1.45 bits per heavy atom. The first-order valence-corrected chi connectivity index (χ1v) is 9.61. The van der Waals surface area contributed by atoms with Crippen molar-refractivity contribution in [1.82, 2.24) is 15.3 Å². The molecule has 0 aliphatic heterocycles. The van der Waals surface area contributed by atoms with E-state index in [0.29, 0.717) is 16.8 Å². The van der Waals surface area contributed by atoms with Crippen LogP contribution >= 0.6 is 0 Å². The summed E-state index contributed by atoms with van der Waals surface area (Å²) in [6.07, 6.45) is 1.34. The molecule has 164 valence electrons. The second-order valence-electron chi connectivity index (χ2n) is 7.51. The number of hydrogen-bond donors (Lipinski definition) is 2. The molecule has 1 aromatic carbocycles. The number of halogens is 3. The van der Waals surface area contributed by atoms with Gasteiger partial charge in [0.1, 0.15) is 5.52 Å². The predicted octanol–water partition coefficient (Wildman–Crippen LogP) is 3.20. The zero-order valence-electron chi connectivity index (χ0n) is 16.8. The number of fused-ring (bicyclic) bond motifs is 1. The molecule has 4 rings (SSSR count). The standard InChI is InChI=1S/C21H20F3N3O4/c1-10(29)26-12(9-28)5-11-6-17-16(8-25-11)27-20(31-17)14-4-3-13(15-7-21(15,23)24)18(22)19(14)30-2/h3-4,6,8,12,15,28H,5,7,9H2,1-2H3,(H,26,29)/t12?,15-/m1/s1. The van der Waals surface area contributed by atoms with Crippen molar-refractivity contribution in [2.24, 2.45) is 0 Å². The molecular weight excluding hydrogens is 415 g/mol. The second-order valence-corrected chi connectivity index (χ2v) is 7.51. The fourth-order valence-electron chi connectivity index (χ4n) is 3.56. The van der Waals surface area contributed by atoms with Crippen molar-refractivity contribution >= 4 is 17.0 Å². The maximum absolute atomic E-state index is 14.9. The summed E-state index contributed by atoms with van der Waals surface area (Å²) in [6, 6.07) is 3.85. The van der Waals surface area contributed by atoms with Crippen LogP contribution in [0, 0.1) is 5.82 Å². The van der Waals surface area contributed by atoms with Crippen molar-refractivity contribution in [3.8, 4) is 17.2 Å². The second kappa shape index (κ2) is 7.84. The fraction of sp³-hybridized carbons (Fsp3) is 0.381. The van der Waals surface area contributed by atoms with Crippen molar-refractivity contribution in [2.75, 3.05) is 13.7 Å². The lowest BCUT2D eigenvalue weighted by Gasteiger charge is -2.14. The Balaban J connectivity index is 1.66. The van der Waals surface area contributed by atoms with Crippen molar-refractivity contribution in [3.05, 3.63) is 41.5 Å². The van der Waals surface area contributed by atoms with Crippen LogP contribution in [0.5, 0.6) is 5.75 Å². The SMILES string of the molecule is COc1c(-c2nc3cnc(CC(CO)NC(C)=O)cc3o2)ccc([C@H]2CC2(F)F)c1F. The van der Waals surface area contributed by atoms with E-state index in [-0.39, 0.29) is 41.7 Å². The van der Waals surface area contributed by atoms with Gasteiger partial charge in [-0.05, 0) is 6.07 Å². The molecule has 1 unspecified atom stereocenters. The zero-order valence-corrected chi connectivity index (χ0v) is 16.8. The highest BCUT2D eigenvalue weighted by molar-refractivity contribution is 5.77. The number of nitrogens with zero attached hydrogens (tertiary/aromatic N) is 2. The number of aliphatic hydroxyl groups is 1. The number of carbonyl (C=O) groups is 1. The van der Waals surface area contributed by atoms with E-state index < -0.39 is 30.1 Å². The third-order valence-electron chi connectivity index (χ3n) is 5.18. The summed E-state index contributed by atoms with van der Waals surface area (Å²) >= 11 is 0. The Morgan fingerprint density at radius 3 is 2.81 bits per heavy atom. The minimum Gasteiger partial charge on any atom is -0.493 e. The van der Waals surface area contributed by atoms with E-state index in [2.05, 4.69) is 15.3 Å². The molecule has 3 aromatic rings. The Labute approximate surface area is 175 Å². The number of ether oxygens (including phenoxy) is 1. The van der Waals surface area contributed by atoms with Crippen LogP contribution in [0.4, 0.5) is 13.2 Å². The number of oxazole rings is 1. The van der Waals surface area contributed by atoms with Crippen molar-refractivity contribution in [1.29, 1.82) is 0 Å². The van der Waals surface area contributed by atoms with Crippen LogP contribution in [0.3, 0.4) is 0 Å². The molecule has 2 aromatic heterocycles. The molecule has 2 atom stereocenters. The van der Waals surface area contributed by atoms with Gasteiger partial charge in [-0.1, -0.05) is 6.07 Å². The van der Waals surface area contributed by atoms with E-state index in [1.165, 1.54) is 32.4 Å². The predicted molar refractivity (Wildman–Crippen MR) is 104 cm³/mol. The molecule has 1 aliphatic rings. The summed E-state index contributed by atoms with van der Waals surface area (Å²) in [6.45, 7) is 1.09. The van der Waals surface area contributed by atoms with Crippen LogP contribution in [0.15, 0.2) is 28.8 Å². The highest BCUT2D eigenvalue weighted by atomic mass is 19.3. The molecule has 1 amide bonds. The minimum absolute atomic E-state index is 0.0550. The third-order valence-corrected chi connectivity index (χ3v) is 5.18. The Morgan fingerprint density at radius 2 is 2.19 bits per heavy atom. The number of hydrogen-bond acceptors (Lipinski definition) is 6. The lowest BCUT2D eigenvalue weighted by atomic mass is 10.1. The van der Waals surface area contributed by atoms with E-state index in [1.807, 2.05) is 0 Å². The van der Waals surface area contributed by atoms with E-state index in [0.717, 1.165) is 0 Å². The molecular formula is C21H20F3N3O4. The highest BCUT2D eigenvalue weighted by Gasteiger charge is 2.58. The smallest absolute Gasteiger partial charge is 0.256 e. The average Bonchev–Trinajstić information content (AvgIpc) is 3.15. The van der Waals surface area contributed by atoms with E-state index in [9.17, 15) is 23.1 Å². The molecule has 7 nitrogen and oxygen atoms in total. The summed E-state index contributed by atoms with van der Waals surface area (Å²) in [4.78, 5) is 19.8. The highest BCUT2D eigenvalue weighted by Crippen LogP contribution is 2.57. The normalized spacial score (nSPS) is 18.1. The number of methoxy groups -OCH3 is 1. The summed E-state index contributed by atoms with van der Waals surface area (Å²) in [5, 5.41) is 12.0. The summed E-state index contributed by atoms with van der Waals surface area (Å²) in [5.41, 5.74) is 1.40.